The maximum atomic E-state index is 9.95. The molecule has 0 aromatic carbocycles. The van der Waals surface area contributed by atoms with Crippen LogP contribution in [-0.2, 0) is 13.6 Å². The van der Waals surface area contributed by atoms with Crippen LogP contribution in [0, 0.1) is 0 Å². The smallest absolute Gasteiger partial charge is 0.756 e. The van der Waals surface area contributed by atoms with Crippen molar-refractivity contribution in [2.75, 3.05) is 14.2 Å². The summed E-state index contributed by atoms with van der Waals surface area (Å²) >= 11 is 0. The van der Waals surface area contributed by atoms with Crippen LogP contribution in [0.5, 0.6) is 0 Å². The third kappa shape index (κ3) is 4.86. The first-order valence-corrected chi connectivity index (χ1v) is 3.01. The van der Waals surface area contributed by atoms with Gasteiger partial charge < -0.3 is 13.9 Å². The minimum Gasteiger partial charge on any atom is -0.756 e. The van der Waals surface area contributed by atoms with Crippen LogP contribution in [0.1, 0.15) is 0 Å². The molecule has 0 fully saturated rings. The molecule has 0 amide bonds. The van der Waals surface area contributed by atoms with Crippen LogP contribution in [0.25, 0.3) is 0 Å². The normalized spacial score (nSPS) is 10.4. The predicted octanol–water partition coefficient (Wildman–Crippen LogP) is -3.25. The maximum Gasteiger partial charge on any atom is 1.00 e. The minimum atomic E-state index is -3.90. The number of rotatable bonds is 2. The summed E-state index contributed by atoms with van der Waals surface area (Å²) in [5.74, 6) is 0. The molecule has 0 N–H and O–H groups in total. The molecule has 0 aliphatic heterocycles. The number of phosphoric acid groups is 1. The number of phosphoric ester groups is 1. The Morgan fingerprint density at radius 1 is 1.38 bits per heavy atom. The summed E-state index contributed by atoms with van der Waals surface area (Å²) in [7, 11) is -1.83. The largest absolute Gasteiger partial charge is 1.00 e. The molecule has 0 saturated carbocycles. The molecule has 44 valence electrons. The Labute approximate surface area is 60.0 Å². The van der Waals surface area contributed by atoms with Gasteiger partial charge in [-0.05, 0) is 0 Å². The fourth-order valence-corrected chi connectivity index (χ4v) is 0.224. The Morgan fingerprint density at radius 3 is 1.62 bits per heavy atom. The van der Waals surface area contributed by atoms with Crippen LogP contribution >= 0.6 is 7.82 Å². The van der Waals surface area contributed by atoms with E-state index in [1.54, 1.807) is 0 Å². The summed E-state index contributed by atoms with van der Waals surface area (Å²) in [6, 6.07) is 0. The summed E-state index contributed by atoms with van der Waals surface area (Å²) in [5, 5.41) is 0. The van der Waals surface area contributed by atoms with Crippen molar-refractivity contribution in [3.05, 3.63) is 0 Å². The van der Waals surface area contributed by atoms with Crippen molar-refractivity contribution in [2.45, 2.75) is 0 Å². The summed E-state index contributed by atoms with van der Waals surface area (Å²) in [4.78, 5) is 9.95. The van der Waals surface area contributed by atoms with Crippen molar-refractivity contribution < 1.29 is 37.4 Å². The van der Waals surface area contributed by atoms with E-state index in [1.165, 1.54) is 0 Å². The van der Waals surface area contributed by atoms with Crippen molar-refractivity contribution in [1.29, 1.82) is 0 Å². The van der Waals surface area contributed by atoms with E-state index >= 15 is 0 Å². The van der Waals surface area contributed by atoms with E-state index in [0.717, 1.165) is 14.2 Å². The molecule has 0 aliphatic rings. The molecule has 6 heteroatoms. The average Bonchev–Trinajstić information content (AvgIpc) is 1.68. The molecule has 0 radical (unpaired) electrons. The first-order chi connectivity index (χ1) is 3.12. The molecule has 0 aromatic heterocycles. The van der Waals surface area contributed by atoms with Crippen LogP contribution in [0.3, 0.4) is 0 Å². The molecule has 0 bridgehead atoms. The standard InChI is InChI=1S/C2H7O4P.Li/c1-5-7(3,4)6-2;/h1-2H3,(H,3,4);/q;+1/p-1. The van der Waals surface area contributed by atoms with E-state index in [4.69, 9.17) is 0 Å². The van der Waals surface area contributed by atoms with Crippen molar-refractivity contribution in [3.8, 4) is 0 Å². The predicted molar refractivity (Wildman–Crippen MR) is 21.6 cm³/mol. The van der Waals surface area contributed by atoms with Crippen LogP contribution in [0.15, 0.2) is 0 Å². The quantitative estimate of drug-likeness (QED) is 0.292. The number of hydrogen-bond donors (Lipinski definition) is 0. The van der Waals surface area contributed by atoms with Gasteiger partial charge in [-0.25, -0.2) is 0 Å². The molecule has 0 aliphatic carbocycles. The fraction of sp³-hybridized carbons (Fsp3) is 1.00. The Bertz CT molecular complexity index is 86.0. The van der Waals surface area contributed by atoms with Gasteiger partial charge in [0.25, 0.3) is 7.82 Å². The van der Waals surface area contributed by atoms with Gasteiger partial charge in [0.05, 0.1) is 0 Å². The third-order valence-electron chi connectivity index (χ3n) is 0.447. The van der Waals surface area contributed by atoms with Gasteiger partial charge >= 0.3 is 18.9 Å². The molecule has 8 heavy (non-hydrogen) atoms. The Hall–Kier alpha value is 0.707. The van der Waals surface area contributed by atoms with Crippen molar-refractivity contribution in [2.24, 2.45) is 0 Å². The van der Waals surface area contributed by atoms with Gasteiger partial charge in [0, 0.05) is 14.2 Å². The molecular weight excluding hydrogens is 126 g/mol. The van der Waals surface area contributed by atoms with Crippen LogP contribution < -0.4 is 23.8 Å². The minimum absolute atomic E-state index is 0. The summed E-state index contributed by atoms with van der Waals surface area (Å²) in [6.07, 6.45) is 0. The van der Waals surface area contributed by atoms with Crippen LogP contribution in [0.2, 0.25) is 0 Å². The first-order valence-electron chi connectivity index (χ1n) is 1.55. The molecule has 0 heterocycles. The Kier molecular flexibility index (Phi) is 6.57. The molecule has 0 saturated heterocycles. The second kappa shape index (κ2) is 4.57. The van der Waals surface area contributed by atoms with Crippen LogP contribution in [0.4, 0.5) is 0 Å². The third-order valence-corrected chi connectivity index (χ3v) is 1.34. The second-order valence-electron chi connectivity index (χ2n) is 0.812. The maximum absolute atomic E-state index is 9.95. The zero-order valence-electron chi connectivity index (χ0n) is 5.08. The van der Waals surface area contributed by atoms with Gasteiger partial charge in [-0.3, -0.25) is 4.57 Å². The summed E-state index contributed by atoms with van der Waals surface area (Å²) in [6.45, 7) is 0. The molecular formula is C2H6LiO4P. The van der Waals surface area contributed by atoms with E-state index < -0.39 is 7.82 Å². The van der Waals surface area contributed by atoms with Gasteiger partial charge in [-0.15, -0.1) is 0 Å². The van der Waals surface area contributed by atoms with Gasteiger partial charge in [0.2, 0.25) is 0 Å². The molecule has 0 aromatic rings. The van der Waals surface area contributed by atoms with Gasteiger partial charge in [-0.2, -0.15) is 0 Å². The van der Waals surface area contributed by atoms with E-state index in [9.17, 15) is 9.46 Å². The Morgan fingerprint density at radius 2 is 1.62 bits per heavy atom. The van der Waals surface area contributed by atoms with Crippen molar-refractivity contribution in [1.82, 2.24) is 0 Å². The SMILES string of the molecule is COP(=O)([O-])OC.[Li+]. The fourth-order valence-electron chi connectivity index (χ4n) is 0.0745. The van der Waals surface area contributed by atoms with Gasteiger partial charge in [0.1, 0.15) is 0 Å². The monoisotopic (exact) mass is 132 g/mol. The van der Waals surface area contributed by atoms with E-state index in [-0.39, 0.29) is 18.9 Å². The molecule has 0 rings (SSSR count). The second-order valence-corrected chi connectivity index (χ2v) is 2.44. The zero-order valence-corrected chi connectivity index (χ0v) is 5.97. The van der Waals surface area contributed by atoms with Crippen LogP contribution in [-0.4, -0.2) is 14.2 Å². The first kappa shape index (κ1) is 11.5. The van der Waals surface area contributed by atoms with Crippen molar-refractivity contribution >= 4 is 7.82 Å². The van der Waals surface area contributed by atoms with Gasteiger partial charge in [0.15, 0.2) is 0 Å². The van der Waals surface area contributed by atoms with E-state index in [0.29, 0.717) is 0 Å². The van der Waals surface area contributed by atoms with Gasteiger partial charge in [-0.1, -0.05) is 0 Å². The Balaban J connectivity index is 0. The number of hydrogen-bond acceptors (Lipinski definition) is 4. The summed E-state index contributed by atoms with van der Waals surface area (Å²) < 4.78 is 17.7. The molecule has 0 spiro atoms. The molecule has 0 unspecified atom stereocenters. The zero-order chi connectivity index (χ0) is 5.91. The van der Waals surface area contributed by atoms with Crippen molar-refractivity contribution in [3.63, 3.8) is 0 Å². The topological polar surface area (TPSA) is 58.6 Å². The molecule has 0 atom stereocenters. The average molecular weight is 132 g/mol. The van der Waals surface area contributed by atoms with E-state index in [1.807, 2.05) is 0 Å². The summed E-state index contributed by atoms with van der Waals surface area (Å²) in [5.41, 5.74) is 0. The van der Waals surface area contributed by atoms with E-state index in [2.05, 4.69) is 9.05 Å². The molecule has 4 nitrogen and oxygen atoms in total.